The van der Waals surface area contributed by atoms with Crippen LogP contribution in [0.1, 0.15) is 5.56 Å². The zero-order valence-corrected chi connectivity index (χ0v) is 7.45. The van der Waals surface area contributed by atoms with Gasteiger partial charge in [0, 0.05) is 5.69 Å². The molecule has 5 heteroatoms. The minimum absolute atomic E-state index is 0.295. The van der Waals surface area contributed by atoms with Crippen molar-refractivity contribution in [2.75, 3.05) is 11.9 Å². The number of hydrogen-bond donors (Lipinski definition) is 1. The first-order chi connectivity index (χ1) is 6.38. The molecule has 0 heterocycles. The van der Waals surface area contributed by atoms with E-state index < -0.39 is 18.5 Å². The molecule has 0 amide bonds. The third-order valence-electron chi connectivity index (χ3n) is 1.67. The highest BCUT2D eigenvalue weighted by Crippen LogP contribution is 2.19. The monoisotopic (exact) mass is 207 g/mol. The molecule has 0 radical (unpaired) electrons. The van der Waals surface area contributed by atoms with E-state index in [1.54, 1.807) is 6.92 Å². The quantitative estimate of drug-likeness (QED) is 0.734. The lowest BCUT2D eigenvalue weighted by Gasteiger charge is -2.11. The summed E-state index contributed by atoms with van der Waals surface area (Å²) in [5.41, 5.74) is 0.748. The van der Waals surface area contributed by atoms with E-state index in [-0.39, 0.29) is 0 Å². The molecule has 0 aliphatic rings. The van der Waals surface area contributed by atoms with E-state index in [1.165, 1.54) is 12.1 Å². The van der Waals surface area contributed by atoms with Crippen LogP contribution in [0.4, 0.5) is 23.2 Å². The second-order valence-electron chi connectivity index (χ2n) is 2.93. The Bertz CT molecular complexity index is 319. The Kier molecular flexibility index (Phi) is 2.98. The topological polar surface area (TPSA) is 12.0 Å². The van der Waals surface area contributed by atoms with Gasteiger partial charge in [-0.25, -0.2) is 4.39 Å². The minimum atomic E-state index is -4.26. The van der Waals surface area contributed by atoms with Crippen LogP contribution in [-0.2, 0) is 0 Å². The smallest absolute Gasteiger partial charge is 0.376 e. The number of halogens is 4. The molecule has 0 saturated carbocycles. The van der Waals surface area contributed by atoms with Gasteiger partial charge in [-0.05, 0) is 30.7 Å². The highest BCUT2D eigenvalue weighted by Gasteiger charge is 2.26. The molecule has 0 aliphatic carbocycles. The lowest BCUT2D eigenvalue weighted by atomic mass is 10.2. The normalized spacial score (nSPS) is 11.5. The van der Waals surface area contributed by atoms with Crippen LogP contribution in [0, 0.1) is 12.7 Å². The Morgan fingerprint density at radius 3 is 2.43 bits per heavy atom. The van der Waals surface area contributed by atoms with Gasteiger partial charge in [0.15, 0.2) is 0 Å². The van der Waals surface area contributed by atoms with Gasteiger partial charge in [-0.2, -0.15) is 13.2 Å². The van der Waals surface area contributed by atoms with Gasteiger partial charge in [-0.15, -0.1) is 0 Å². The predicted molar refractivity (Wildman–Crippen MR) is 45.7 cm³/mol. The summed E-state index contributed by atoms with van der Waals surface area (Å²) < 4.78 is 48.0. The predicted octanol–water partition coefficient (Wildman–Crippen LogP) is 3.11. The van der Waals surface area contributed by atoms with Gasteiger partial charge in [0.05, 0.1) is 0 Å². The van der Waals surface area contributed by atoms with Crippen molar-refractivity contribution in [3.8, 4) is 0 Å². The van der Waals surface area contributed by atoms with Crippen molar-refractivity contribution in [1.82, 2.24) is 0 Å². The first-order valence-electron chi connectivity index (χ1n) is 3.95. The van der Waals surface area contributed by atoms with Gasteiger partial charge in [0.1, 0.15) is 12.4 Å². The summed E-state index contributed by atoms with van der Waals surface area (Å²) in [7, 11) is 0. The van der Waals surface area contributed by atoms with Crippen LogP contribution in [0.15, 0.2) is 18.2 Å². The van der Waals surface area contributed by atoms with E-state index in [2.05, 4.69) is 5.32 Å². The molecule has 1 aromatic rings. The standard InChI is InChI=1S/C9H9F4N/c1-6-4-7(10)2-3-8(6)14-5-9(11,12)13/h2-4,14H,5H2,1H3. The molecular formula is C9H9F4N. The number of anilines is 1. The van der Waals surface area contributed by atoms with Crippen LogP contribution < -0.4 is 5.32 Å². The van der Waals surface area contributed by atoms with Crippen molar-refractivity contribution in [2.45, 2.75) is 13.1 Å². The third kappa shape index (κ3) is 3.24. The maximum atomic E-state index is 12.6. The van der Waals surface area contributed by atoms with Crippen molar-refractivity contribution in [3.05, 3.63) is 29.6 Å². The van der Waals surface area contributed by atoms with Crippen LogP contribution in [0.2, 0.25) is 0 Å². The first kappa shape index (κ1) is 10.8. The fraction of sp³-hybridized carbons (Fsp3) is 0.333. The number of hydrogen-bond acceptors (Lipinski definition) is 1. The Hall–Kier alpha value is -1.26. The molecule has 78 valence electrons. The molecule has 0 aliphatic heterocycles. The van der Waals surface area contributed by atoms with Crippen molar-refractivity contribution in [2.24, 2.45) is 0 Å². The van der Waals surface area contributed by atoms with Gasteiger partial charge in [0.2, 0.25) is 0 Å². The van der Waals surface area contributed by atoms with Crippen LogP contribution in [-0.4, -0.2) is 12.7 Å². The van der Waals surface area contributed by atoms with E-state index in [1.807, 2.05) is 0 Å². The third-order valence-corrected chi connectivity index (χ3v) is 1.67. The van der Waals surface area contributed by atoms with E-state index in [9.17, 15) is 17.6 Å². The summed E-state index contributed by atoms with van der Waals surface area (Å²) >= 11 is 0. The van der Waals surface area contributed by atoms with Gasteiger partial charge in [-0.3, -0.25) is 0 Å². The van der Waals surface area contributed by atoms with Crippen LogP contribution in [0.25, 0.3) is 0 Å². The largest absolute Gasteiger partial charge is 0.405 e. The summed E-state index contributed by atoms with van der Waals surface area (Å²) in [6.45, 7) is 0.432. The highest BCUT2D eigenvalue weighted by atomic mass is 19.4. The second-order valence-corrected chi connectivity index (χ2v) is 2.93. The fourth-order valence-corrected chi connectivity index (χ4v) is 1.02. The lowest BCUT2D eigenvalue weighted by Crippen LogP contribution is -2.21. The van der Waals surface area contributed by atoms with Gasteiger partial charge in [-0.1, -0.05) is 0 Å². The fourth-order valence-electron chi connectivity index (χ4n) is 1.02. The van der Waals surface area contributed by atoms with Crippen molar-refractivity contribution in [3.63, 3.8) is 0 Å². The molecule has 0 unspecified atom stereocenters. The summed E-state index contributed by atoms with van der Waals surface area (Å²) in [4.78, 5) is 0. The number of aryl methyl sites for hydroxylation is 1. The average molecular weight is 207 g/mol. The Morgan fingerprint density at radius 2 is 1.93 bits per heavy atom. The van der Waals surface area contributed by atoms with Crippen LogP contribution in [0.3, 0.4) is 0 Å². The van der Waals surface area contributed by atoms with E-state index >= 15 is 0 Å². The molecule has 0 saturated heterocycles. The van der Waals surface area contributed by atoms with Crippen molar-refractivity contribution < 1.29 is 17.6 Å². The molecule has 14 heavy (non-hydrogen) atoms. The Morgan fingerprint density at radius 1 is 1.29 bits per heavy atom. The molecule has 0 aromatic heterocycles. The summed E-state index contributed by atoms with van der Waals surface area (Å²) in [6, 6.07) is 3.58. The molecule has 0 atom stereocenters. The molecule has 1 rings (SSSR count). The maximum absolute atomic E-state index is 12.6. The van der Waals surface area contributed by atoms with Crippen LogP contribution >= 0.6 is 0 Å². The molecular weight excluding hydrogens is 198 g/mol. The molecule has 0 fully saturated rings. The highest BCUT2D eigenvalue weighted by molar-refractivity contribution is 5.50. The van der Waals surface area contributed by atoms with E-state index in [0.29, 0.717) is 11.3 Å². The molecule has 1 aromatic carbocycles. The molecule has 1 nitrogen and oxygen atoms in total. The van der Waals surface area contributed by atoms with Gasteiger partial charge >= 0.3 is 6.18 Å². The summed E-state index contributed by atoms with van der Waals surface area (Å²) in [5, 5.41) is 2.19. The average Bonchev–Trinajstić information content (AvgIpc) is 2.00. The Balaban J connectivity index is 2.68. The van der Waals surface area contributed by atoms with Crippen molar-refractivity contribution >= 4 is 5.69 Å². The Labute approximate surface area is 78.7 Å². The number of benzene rings is 1. The molecule has 0 bridgehead atoms. The SMILES string of the molecule is Cc1cc(F)ccc1NCC(F)(F)F. The van der Waals surface area contributed by atoms with E-state index in [4.69, 9.17) is 0 Å². The summed E-state index contributed by atoms with van der Waals surface area (Å²) in [6.07, 6.45) is -4.26. The molecule has 0 spiro atoms. The zero-order valence-electron chi connectivity index (χ0n) is 7.45. The minimum Gasteiger partial charge on any atom is -0.376 e. The van der Waals surface area contributed by atoms with Gasteiger partial charge in [0.25, 0.3) is 0 Å². The van der Waals surface area contributed by atoms with Gasteiger partial charge < -0.3 is 5.32 Å². The number of alkyl halides is 3. The van der Waals surface area contributed by atoms with E-state index in [0.717, 1.165) is 6.07 Å². The lowest BCUT2D eigenvalue weighted by molar-refractivity contribution is -0.115. The molecule has 1 N–H and O–H groups in total. The van der Waals surface area contributed by atoms with Crippen molar-refractivity contribution in [1.29, 1.82) is 0 Å². The number of rotatable bonds is 2. The number of nitrogens with one attached hydrogen (secondary N) is 1. The second kappa shape index (κ2) is 3.86. The zero-order chi connectivity index (χ0) is 10.8. The summed E-state index contributed by atoms with van der Waals surface area (Å²) in [5.74, 6) is -0.458. The first-order valence-corrected chi connectivity index (χ1v) is 3.95. The maximum Gasteiger partial charge on any atom is 0.405 e. The van der Waals surface area contributed by atoms with Crippen LogP contribution in [0.5, 0.6) is 0 Å².